The van der Waals surface area contributed by atoms with E-state index < -0.39 is 0 Å². The van der Waals surface area contributed by atoms with Crippen LogP contribution in [0.25, 0.3) is 0 Å². The molecule has 0 aromatic carbocycles. The molecule has 2 unspecified atom stereocenters. The Morgan fingerprint density at radius 3 is 2.89 bits per heavy atom. The molecule has 0 amide bonds. The highest BCUT2D eigenvalue weighted by Gasteiger charge is 2.27. The molecule has 1 saturated carbocycles. The van der Waals surface area contributed by atoms with E-state index in [2.05, 4.69) is 23.0 Å². The van der Waals surface area contributed by atoms with Crippen molar-refractivity contribution in [3.63, 3.8) is 0 Å². The molecule has 106 valence electrons. The molecule has 0 radical (unpaired) electrons. The second-order valence-corrected chi connectivity index (χ2v) is 5.43. The molecule has 0 aliphatic heterocycles. The first-order chi connectivity index (χ1) is 9.24. The van der Waals surface area contributed by atoms with E-state index in [1.54, 1.807) is 7.11 Å². The molecule has 2 atom stereocenters. The zero-order valence-corrected chi connectivity index (χ0v) is 12.0. The molecular formula is C15H25N3O. The standard InChI is InChI=1S/C15H25N3O/c1-18(14-8-4-3-6-12(14)10-16)11-13-7-5-9-15(17-13)19-2/h5,7,9,12,14H,3-4,6,8,10-11,16H2,1-2H3. The molecule has 4 heteroatoms. The van der Waals surface area contributed by atoms with Crippen molar-refractivity contribution in [2.24, 2.45) is 11.7 Å². The third-order valence-electron chi connectivity index (χ3n) is 4.14. The van der Waals surface area contributed by atoms with Gasteiger partial charge in [-0.25, -0.2) is 4.98 Å². The average Bonchev–Trinajstić information content (AvgIpc) is 2.47. The third kappa shape index (κ3) is 3.67. The fourth-order valence-corrected chi connectivity index (χ4v) is 3.08. The van der Waals surface area contributed by atoms with E-state index in [9.17, 15) is 0 Å². The van der Waals surface area contributed by atoms with Crippen molar-refractivity contribution >= 4 is 0 Å². The normalized spacial score (nSPS) is 23.6. The molecule has 19 heavy (non-hydrogen) atoms. The van der Waals surface area contributed by atoms with Crippen LogP contribution in [0.3, 0.4) is 0 Å². The van der Waals surface area contributed by atoms with Gasteiger partial charge in [-0.05, 0) is 38.4 Å². The van der Waals surface area contributed by atoms with Gasteiger partial charge in [0.1, 0.15) is 0 Å². The Morgan fingerprint density at radius 1 is 1.37 bits per heavy atom. The molecule has 1 heterocycles. The molecule has 1 aliphatic rings. The summed E-state index contributed by atoms with van der Waals surface area (Å²) in [5.74, 6) is 1.31. The molecule has 2 rings (SSSR count). The summed E-state index contributed by atoms with van der Waals surface area (Å²) < 4.78 is 5.17. The van der Waals surface area contributed by atoms with Gasteiger partial charge in [0.15, 0.2) is 0 Å². The summed E-state index contributed by atoms with van der Waals surface area (Å²) in [7, 11) is 3.83. The molecule has 1 aromatic rings. The van der Waals surface area contributed by atoms with Crippen LogP contribution in [0.1, 0.15) is 31.4 Å². The van der Waals surface area contributed by atoms with Crippen LogP contribution in [0.15, 0.2) is 18.2 Å². The van der Waals surface area contributed by atoms with Crippen molar-refractivity contribution < 1.29 is 4.74 Å². The van der Waals surface area contributed by atoms with Crippen molar-refractivity contribution in [3.05, 3.63) is 23.9 Å². The zero-order valence-electron chi connectivity index (χ0n) is 12.0. The summed E-state index contributed by atoms with van der Waals surface area (Å²) >= 11 is 0. The SMILES string of the molecule is COc1cccc(CN(C)C2CCCCC2CN)n1. The fourth-order valence-electron chi connectivity index (χ4n) is 3.08. The van der Waals surface area contributed by atoms with Gasteiger partial charge in [0, 0.05) is 18.7 Å². The zero-order chi connectivity index (χ0) is 13.7. The van der Waals surface area contributed by atoms with Gasteiger partial charge in [0.2, 0.25) is 5.88 Å². The van der Waals surface area contributed by atoms with E-state index in [0.29, 0.717) is 17.8 Å². The minimum absolute atomic E-state index is 0.590. The Morgan fingerprint density at radius 2 is 2.16 bits per heavy atom. The molecule has 0 bridgehead atoms. The van der Waals surface area contributed by atoms with Crippen LogP contribution < -0.4 is 10.5 Å². The Kier molecular flexibility index (Phi) is 5.16. The molecule has 0 saturated heterocycles. The third-order valence-corrected chi connectivity index (χ3v) is 4.14. The number of hydrogen-bond acceptors (Lipinski definition) is 4. The fraction of sp³-hybridized carbons (Fsp3) is 0.667. The van der Waals surface area contributed by atoms with Gasteiger partial charge in [0.25, 0.3) is 0 Å². The summed E-state index contributed by atoms with van der Waals surface area (Å²) in [6.45, 7) is 1.65. The lowest BCUT2D eigenvalue weighted by Gasteiger charge is -2.37. The van der Waals surface area contributed by atoms with E-state index >= 15 is 0 Å². The number of aromatic nitrogens is 1. The Bertz CT molecular complexity index is 397. The maximum absolute atomic E-state index is 5.91. The van der Waals surface area contributed by atoms with Crippen LogP contribution in [-0.4, -0.2) is 36.6 Å². The second-order valence-electron chi connectivity index (χ2n) is 5.43. The van der Waals surface area contributed by atoms with Crippen molar-refractivity contribution in [3.8, 4) is 5.88 Å². The Labute approximate surface area is 116 Å². The van der Waals surface area contributed by atoms with Gasteiger partial charge in [-0.1, -0.05) is 18.9 Å². The number of methoxy groups -OCH3 is 1. The predicted molar refractivity (Wildman–Crippen MR) is 77.1 cm³/mol. The monoisotopic (exact) mass is 263 g/mol. The van der Waals surface area contributed by atoms with Crippen LogP contribution in [0.2, 0.25) is 0 Å². The quantitative estimate of drug-likeness (QED) is 0.883. The van der Waals surface area contributed by atoms with E-state index in [1.807, 2.05) is 12.1 Å². The van der Waals surface area contributed by atoms with Gasteiger partial charge in [-0.2, -0.15) is 0 Å². The summed E-state index contributed by atoms with van der Waals surface area (Å²) in [6, 6.07) is 6.52. The highest BCUT2D eigenvalue weighted by Crippen LogP contribution is 2.27. The van der Waals surface area contributed by atoms with Gasteiger partial charge < -0.3 is 10.5 Å². The van der Waals surface area contributed by atoms with Crippen molar-refractivity contribution in [1.29, 1.82) is 0 Å². The lowest BCUT2D eigenvalue weighted by Crippen LogP contribution is -2.42. The van der Waals surface area contributed by atoms with Crippen LogP contribution >= 0.6 is 0 Å². The largest absolute Gasteiger partial charge is 0.481 e. The molecule has 0 spiro atoms. The summed E-state index contributed by atoms with van der Waals surface area (Å²) in [5.41, 5.74) is 6.97. The first-order valence-electron chi connectivity index (χ1n) is 7.15. The van der Waals surface area contributed by atoms with Crippen LogP contribution in [-0.2, 0) is 6.54 Å². The van der Waals surface area contributed by atoms with Crippen molar-refractivity contribution in [1.82, 2.24) is 9.88 Å². The Hall–Kier alpha value is -1.13. The summed E-state index contributed by atoms with van der Waals surface area (Å²) in [4.78, 5) is 6.88. The van der Waals surface area contributed by atoms with Crippen molar-refractivity contribution in [2.75, 3.05) is 20.7 Å². The molecule has 1 aromatic heterocycles. The highest BCUT2D eigenvalue weighted by molar-refractivity contribution is 5.15. The minimum atomic E-state index is 0.590. The van der Waals surface area contributed by atoms with E-state index in [-0.39, 0.29) is 0 Å². The summed E-state index contributed by atoms with van der Waals surface area (Å²) in [5, 5.41) is 0. The van der Waals surface area contributed by atoms with E-state index in [0.717, 1.165) is 18.8 Å². The maximum atomic E-state index is 5.91. The topological polar surface area (TPSA) is 51.4 Å². The van der Waals surface area contributed by atoms with Gasteiger partial charge in [-0.15, -0.1) is 0 Å². The molecule has 1 fully saturated rings. The number of ether oxygens (including phenoxy) is 1. The molecule has 4 nitrogen and oxygen atoms in total. The first kappa shape index (κ1) is 14.3. The van der Waals surface area contributed by atoms with Crippen LogP contribution in [0.4, 0.5) is 0 Å². The van der Waals surface area contributed by atoms with E-state index in [4.69, 9.17) is 10.5 Å². The van der Waals surface area contributed by atoms with Gasteiger partial charge in [-0.3, -0.25) is 4.90 Å². The molecule has 2 N–H and O–H groups in total. The maximum Gasteiger partial charge on any atom is 0.213 e. The van der Waals surface area contributed by atoms with Gasteiger partial charge >= 0.3 is 0 Å². The lowest BCUT2D eigenvalue weighted by atomic mass is 9.83. The number of pyridine rings is 1. The van der Waals surface area contributed by atoms with Crippen LogP contribution in [0, 0.1) is 5.92 Å². The van der Waals surface area contributed by atoms with Gasteiger partial charge in [0.05, 0.1) is 12.8 Å². The molecular weight excluding hydrogens is 238 g/mol. The minimum Gasteiger partial charge on any atom is -0.481 e. The van der Waals surface area contributed by atoms with Crippen LogP contribution in [0.5, 0.6) is 5.88 Å². The smallest absolute Gasteiger partial charge is 0.213 e. The first-order valence-corrected chi connectivity index (χ1v) is 7.15. The van der Waals surface area contributed by atoms with Crippen molar-refractivity contribution in [2.45, 2.75) is 38.3 Å². The number of nitrogens with two attached hydrogens (primary N) is 1. The van der Waals surface area contributed by atoms with E-state index in [1.165, 1.54) is 25.7 Å². The second kappa shape index (κ2) is 6.87. The number of nitrogens with zero attached hydrogens (tertiary/aromatic N) is 2. The highest BCUT2D eigenvalue weighted by atomic mass is 16.5. The number of rotatable bonds is 5. The summed E-state index contributed by atoms with van der Waals surface area (Å²) in [6.07, 6.45) is 5.15. The predicted octanol–water partition coefficient (Wildman–Crippen LogP) is 2.04. The number of hydrogen-bond donors (Lipinski definition) is 1. The lowest BCUT2D eigenvalue weighted by molar-refractivity contribution is 0.126. The molecule has 1 aliphatic carbocycles. The average molecular weight is 263 g/mol. The Balaban J connectivity index is 2.00.